The Labute approximate surface area is 105 Å². The number of aryl methyl sites for hydroxylation is 3. The quantitative estimate of drug-likeness (QED) is 0.350. The average Bonchev–Trinajstić information content (AvgIpc) is 1.59. The number of hydrogen-bond acceptors (Lipinski definition) is 0. The van der Waals surface area contributed by atoms with Crippen LogP contribution in [0.5, 0.6) is 0 Å². The van der Waals surface area contributed by atoms with E-state index in [1.54, 1.807) is 0 Å². The maximum Gasteiger partial charge on any atom is 1.00 e. The van der Waals surface area contributed by atoms with Crippen LogP contribution in [0.1, 0.15) is 16.7 Å². The van der Waals surface area contributed by atoms with Gasteiger partial charge in [-0.15, -0.1) is 0 Å². The Bertz CT molecular complexity index is 165. The van der Waals surface area contributed by atoms with E-state index in [4.69, 9.17) is 0 Å². The minimum absolute atomic E-state index is 0. The maximum atomic E-state index is 3.21. The van der Waals surface area contributed by atoms with Crippen LogP contribution < -0.4 is 51.4 Å². The summed E-state index contributed by atoms with van der Waals surface area (Å²) in [5, 5.41) is 0. The molecule has 0 unspecified atom stereocenters. The van der Waals surface area contributed by atoms with Gasteiger partial charge in [-0.05, 0) is 0 Å². The van der Waals surface area contributed by atoms with E-state index < -0.39 is 0 Å². The Kier molecular flexibility index (Phi) is 5.08. The third-order valence-electron chi connectivity index (χ3n) is 1.28. The van der Waals surface area contributed by atoms with Crippen LogP contribution in [0.3, 0.4) is 0 Å². The topological polar surface area (TPSA) is 0 Å². The minimum Gasteiger partial charge on any atom is -0.177 e. The van der Waals surface area contributed by atoms with E-state index in [-0.39, 0.29) is 51.4 Å². The van der Waals surface area contributed by atoms with Gasteiger partial charge in [-0.2, -0.15) is 34.9 Å². The molecule has 0 atom stereocenters. The van der Waals surface area contributed by atoms with Crippen molar-refractivity contribution in [3.8, 4) is 0 Å². The Morgan fingerprint density at radius 1 is 1.00 bits per heavy atom. The normalized spacial score (nSPS) is 8.70. The summed E-state index contributed by atoms with van der Waals surface area (Å²) in [6, 6.07) is 7.47. The maximum absolute atomic E-state index is 3.21. The van der Waals surface area contributed by atoms with Crippen LogP contribution in [0.4, 0.5) is 0 Å². The second-order valence-electron chi connectivity index (χ2n) is 2.52. The first-order valence-corrected chi connectivity index (χ1v) is 3.15. The summed E-state index contributed by atoms with van der Waals surface area (Å²) >= 11 is 0. The summed E-state index contributed by atoms with van der Waals surface area (Å²) in [5.74, 6) is 0. The summed E-state index contributed by atoms with van der Waals surface area (Å²) in [4.78, 5) is 0. The number of rotatable bonds is 0. The van der Waals surface area contributed by atoms with Crippen LogP contribution in [0.15, 0.2) is 12.1 Å². The third kappa shape index (κ3) is 3.31. The first-order valence-electron chi connectivity index (χ1n) is 3.15. The van der Waals surface area contributed by atoms with Gasteiger partial charge in [-0.3, -0.25) is 0 Å². The summed E-state index contributed by atoms with van der Waals surface area (Å²) in [5.41, 5.74) is 3.78. The molecule has 0 bridgehead atoms. The van der Waals surface area contributed by atoms with Crippen LogP contribution in [-0.2, 0) is 0 Å². The summed E-state index contributed by atoms with van der Waals surface area (Å²) in [6.07, 6.45) is 0. The van der Waals surface area contributed by atoms with E-state index in [0.717, 1.165) is 0 Å². The van der Waals surface area contributed by atoms with Gasteiger partial charge in [0.15, 0.2) is 0 Å². The van der Waals surface area contributed by atoms with Gasteiger partial charge < -0.3 is 0 Å². The molecule has 0 aliphatic carbocycles. The predicted molar refractivity (Wildman–Crippen MR) is 39.5 cm³/mol. The molecule has 0 saturated heterocycles. The van der Waals surface area contributed by atoms with Crippen molar-refractivity contribution >= 4 is 0 Å². The fraction of sp³-hybridized carbons (Fsp3) is 0.333. The molecule has 1 heteroatoms. The van der Waals surface area contributed by atoms with Crippen molar-refractivity contribution in [3.05, 3.63) is 34.9 Å². The predicted octanol–water partition coefficient (Wildman–Crippen LogP) is -0.584. The smallest absolute Gasteiger partial charge is 0.177 e. The zero-order valence-electron chi connectivity index (χ0n) is 7.15. The van der Waals surface area contributed by atoms with Crippen molar-refractivity contribution < 1.29 is 51.4 Å². The van der Waals surface area contributed by atoms with Gasteiger partial charge in [0.25, 0.3) is 0 Å². The van der Waals surface area contributed by atoms with Crippen molar-refractivity contribution in [3.63, 3.8) is 0 Å². The zero-order valence-corrected chi connectivity index (χ0v) is 10.3. The third-order valence-corrected chi connectivity index (χ3v) is 1.28. The van der Waals surface area contributed by atoms with Crippen molar-refractivity contribution in [1.29, 1.82) is 0 Å². The fourth-order valence-corrected chi connectivity index (χ4v) is 1.11. The molecule has 0 fully saturated rings. The van der Waals surface area contributed by atoms with Gasteiger partial charge in [0.2, 0.25) is 0 Å². The van der Waals surface area contributed by atoms with Crippen molar-refractivity contribution in [2.24, 2.45) is 0 Å². The van der Waals surface area contributed by atoms with E-state index in [1.807, 2.05) is 0 Å². The standard InChI is InChI=1S/C9H11.K/c1-7-4-8(2)6-9(3)5-7;/h4-5H,1-3H3;/q-1;+1. The molecule has 0 amide bonds. The van der Waals surface area contributed by atoms with Gasteiger partial charge in [-0.25, -0.2) is 0 Å². The van der Waals surface area contributed by atoms with Crippen molar-refractivity contribution in [1.82, 2.24) is 0 Å². The Morgan fingerprint density at radius 2 is 1.40 bits per heavy atom. The Balaban J connectivity index is 0.000000810. The molecule has 0 aliphatic rings. The molecule has 1 aromatic carbocycles. The summed E-state index contributed by atoms with van der Waals surface area (Å²) in [7, 11) is 0. The number of benzene rings is 1. The Morgan fingerprint density at radius 3 is 1.70 bits per heavy atom. The molecule has 0 N–H and O–H groups in total. The molecular weight excluding hydrogens is 147 g/mol. The first-order chi connectivity index (χ1) is 4.18. The molecular formula is C9H11K. The Hall–Kier alpha value is 0.856. The van der Waals surface area contributed by atoms with Crippen LogP contribution in [0.2, 0.25) is 0 Å². The summed E-state index contributed by atoms with van der Waals surface area (Å²) in [6.45, 7) is 6.24. The van der Waals surface area contributed by atoms with Gasteiger partial charge in [0.05, 0.1) is 0 Å². The zero-order chi connectivity index (χ0) is 6.85. The number of hydrogen-bond donors (Lipinski definition) is 0. The van der Waals surface area contributed by atoms with Crippen molar-refractivity contribution in [2.45, 2.75) is 20.8 Å². The molecule has 48 valence electrons. The van der Waals surface area contributed by atoms with Crippen LogP contribution in [0.25, 0.3) is 0 Å². The first kappa shape index (κ1) is 10.9. The second kappa shape index (κ2) is 4.68. The van der Waals surface area contributed by atoms with E-state index in [1.165, 1.54) is 16.7 Å². The van der Waals surface area contributed by atoms with Crippen molar-refractivity contribution in [2.75, 3.05) is 0 Å². The molecule has 0 aromatic heterocycles. The SMILES string of the molecule is Cc1[c-]c(C)cc(C)c1.[K+]. The molecule has 0 heterocycles. The monoisotopic (exact) mass is 158 g/mol. The molecule has 0 spiro atoms. The molecule has 0 aliphatic heterocycles. The van der Waals surface area contributed by atoms with Gasteiger partial charge in [-0.1, -0.05) is 20.8 Å². The molecule has 0 nitrogen and oxygen atoms in total. The molecule has 0 saturated carbocycles. The molecule has 10 heavy (non-hydrogen) atoms. The average molecular weight is 158 g/mol. The van der Waals surface area contributed by atoms with E-state index in [0.29, 0.717) is 0 Å². The molecule has 0 radical (unpaired) electrons. The molecule has 1 aromatic rings. The largest absolute Gasteiger partial charge is 1.00 e. The van der Waals surface area contributed by atoms with E-state index >= 15 is 0 Å². The van der Waals surface area contributed by atoms with E-state index in [2.05, 4.69) is 39.0 Å². The second-order valence-corrected chi connectivity index (χ2v) is 2.52. The van der Waals surface area contributed by atoms with Gasteiger partial charge >= 0.3 is 51.4 Å². The van der Waals surface area contributed by atoms with Crippen LogP contribution >= 0.6 is 0 Å². The van der Waals surface area contributed by atoms with Crippen LogP contribution in [-0.4, -0.2) is 0 Å². The molecule has 1 rings (SSSR count). The van der Waals surface area contributed by atoms with Crippen LogP contribution in [0, 0.1) is 26.8 Å². The summed E-state index contributed by atoms with van der Waals surface area (Å²) < 4.78 is 0. The van der Waals surface area contributed by atoms with E-state index in [9.17, 15) is 0 Å². The van der Waals surface area contributed by atoms with Gasteiger partial charge in [0.1, 0.15) is 0 Å². The van der Waals surface area contributed by atoms with Gasteiger partial charge in [0, 0.05) is 0 Å². The minimum atomic E-state index is 0. The fourth-order valence-electron chi connectivity index (χ4n) is 1.11.